The topological polar surface area (TPSA) is 26.3 Å². The third-order valence-electron chi connectivity index (χ3n) is 1.43. The largest absolute Gasteiger partial charge is 0.494 e. The third kappa shape index (κ3) is 2.57. The van der Waals surface area contributed by atoms with Gasteiger partial charge in [0.05, 0.1) is 15.2 Å². The van der Waals surface area contributed by atoms with Crippen LogP contribution in [0.2, 0.25) is 0 Å². The normalized spacial score (nSPS) is 9.85. The highest BCUT2D eigenvalue weighted by Crippen LogP contribution is 2.31. The van der Waals surface area contributed by atoms with Crippen LogP contribution in [0, 0.1) is 3.57 Å². The lowest BCUT2D eigenvalue weighted by atomic mass is 10.2. The van der Waals surface area contributed by atoms with E-state index in [2.05, 4.69) is 38.5 Å². The summed E-state index contributed by atoms with van der Waals surface area (Å²) in [5, 5.41) is -0.471. The van der Waals surface area contributed by atoms with E-state index in [9.17, 15) is 4.79 Å². The van der Waals surface area contributed by atoms with E-state index in [0.29, 0.717) is 11.3 Å². The summed E-state index contributed by atoms with van der Waals surface area (Å²) in [5.41, 5.74) is 0.457. The van der Waals surface area contributed by atoms with Crippen LogP contribution in [0.5, 0.6) is 5.75 Å². The summed E-state index contributed by atoms with van der Waals surface area (Å²) < 4.78 is 6.68. The lowest BCUT2D eigenvalue weighted by molar-refractivity contribution is 0.108. The van der Waals surface area contributed by atoms with Gasteiger partial charge in [-0.3, -0.25) is 4.79 Å². The molecule has 0 radical (unpaired) electrons. The molecule has 1 aromatic rings. The van der Waals surface area contributed by atoms with Gasteiger partial charge in [-0.1, -0.05) is 0 Å². The molecule has 13 heavy (non-hydrogen) atoms. The van der Waals surface area contributed by atoms with E-state index in [1.54, 1.807) is 19.2 Å². The van der Waals surface area contributed by atoms with Crippen LogP contribution in [0.4, 0.5) is 0 Å². The monoisotopic (exact) mass is 374 g/mol. The highest BCUT2D eigenvalue weighted by atomic mass is 127. The molecule has 0 atom stereocenters. The van der Waals surface area contributed by atoms with Gasteiger partial charge in [-0.15, -0.1) is 0 Å². The first kappa shape index (κ1) is 11.3. The Hall–Kier alpha value is 0.190. The molecule has 2 nitrogen and oxygen atoms in total. The summed E-state index contributed by atoms with van der Waals surface area (Å²) >= 11 is 10.7. The van der Waals surface area contributed by atoms with Crippen molar-refractivity contribution in [3.8, 4) is 5.75 Å². The molecule has 0 saturated heterocycles. The van der Waals surface area contributed by atoms with Crippen molar-refractivity contribution in [1.29, 1.82) is 0 Å². The van der Waals surface area contributed by atoms with Crippen LogP contribution in [-0.2, 0) is 0 Å². The number of carbonyl (C=O) groups is 1. The van der Waals surface area contributed by atoms with E-state index in [4.69, 9.17) is 16.3 Å². The molecule has 0 spiro atoms. The smallest absolute Gasteiger partial charge is 0.252 e. The van der Waals surface area contributed by atoms with Crippen LogP contribution in [-0.4, -0.2) is 12.4 Å². The summed E-state index contributed by atoms with van der Waals surface area (Å²) in [7, 11) is 1.57. The second-order valence-corrected chi connectivity index (χ2v) is 4.61. The van der Waals surface area contributed by atoms with Crippen LogP contribution in [0.25, 0.3) is 0 Å². The van der Waals surface area contributed by atoms with Crippen molar-refractivity contribution in [1.82, 2.24) is 0 Å². The Morgan fingerprint density at radius 2 is 2.23 bits per heavy atom. The average Bonchev–Trinajstić information content (AvgIpc) is 2.03. The molecular formula is C8H5BrClIO2. The maximum Gasteiger partial charge on any atom is 0.252 e. The summed E-state index contributed by atoms with van der Waals surface area (Å²) in [6.45, 7) is 0. The predicted octanol–water partition coefficient (Wildman–Crippen LogP) is 3.44. The summed E-state index contributed by atoms with van der Waals surface area (Å²) in [5.74, 6) is 0.710. The maximum absolute atomic E-state index is 10.8. The minimum atomic E-state index is -0.471. The molecule has 5 heteroatoms. The molecule has 0 amide bonds. The molecule has 0 bridgehead atoms. The number of hydrogen-bond donors (Lipinski definition) is 0. The molecule has 0 fully saturated rings. The van der Waals surface area contributed by atoms with Gasteiger partial charge in [-0.05, 0) is 62.3 Å². The molecule has 0 heterocycles. The molecule has 0 saturated carbocycles. The second-order valence-electron chi connectivity index (χ2n) is 2.25. The SMILES string of the molecule is COc1c(Br)cc(C(=O)Cl)cc1I. The van der Waals surface area contributed by atoms with Crippen molar-refractivity contribution in [2.75, 3.05) is 7.11 Å². The molecule has 70 valence electrons. The van der Waals surface area contributed by atoms with E-state index in [1.165, 1.54) is 0 Å². The standard InChI is InChI=1S/C8H5BrClIO2/c1-13-7-5(9)2-4(8(10)12)3-6(7)11/h2-3H,1H3. The molecule has 0 aliphatic rings. The summed E-state index contributed by atoms with van der Waals surface area (Å²) in [6, 6.07) is 3.32. The first-order valence-electron chi connectivity index (χ1n) is 3.29. The van der Waals surface area contributed by atoms with Gasteiger partial charge in [0, 0.05) is 5.56 Å². The lowest BCUT2D eigenvalue weighted by Crippen LogP contribution is -1.94. The highest BCUT2D eigenvalue weighted by molar-refractivity contribution is 14.1. The quantitative estimate of drug-likeness (QED) is 0.585. The van der Waals surface area contributed by atoms with E-state index in [1.807, 2.05) is 0 Å². The van der Waals surface area contributed by atoms with Crippen molar-refractivity contribution in [3.05, 3.63) is 25.7 Å². The Morgan fingerprint density at radius 3 is 2.62 bits per heavy atom. The molecule has 0 aliphatic carbocycles. The second kappa shape index (κ2) is 4.61. The van der Waals surface area contributed by atoms with Crippen molar-refractivity contribution in [2.45, 2.75) is 0 Å². The zero-order valence-corrected chi connectivity index (χ0v) is 11.1. The zero-order valence-electron chi connectivity index (χ0n) is 6.61. The van der Waals surface area contributed by atoms with Crippen molar-refractivity contribution in [2.24, 2.45) is 0 Å². The average molecular weight is 375 g/mol. The number of rotatable bonds is 2. The highest BCUT2D eigenvalue weighted by Gasteiger charge is 2.10. The molecule has 0 unspecified atom stereocenters. The van der Waals surface area contributed by atoms with Crippen LogP contribution in [0.3, 0.4) is 0 Å². The lowest BCUT2D eigenvalue weighted by Gasteiger charge is -2.06. The molecule has 1 aromatic carbocycles. The van der Waals surface area contributed by atoms with Crippen LogP contribution >= 0.6 is 50.1 Å². The number of hydrogen-bond acceptors (Lipinski definition) is 2. The van der Waals surface area contributed by atoms with Crippen LogP contribution < -0.4 is 4.74 Å². The molecular weight excluding hydrogens is 370 g/mol. The van der Waals surface area contributed by atoms with Crippen LogP contribution in [0.15, 0.2) is 16.6 Å². The number of methoxy groups -OCH3 is 1. The molecule has 0 aliphatic heterocycles. The Balaban J connectivity index is 3.28. The predicted molar refractivity (Wildman–Crippen MR) is 63.6 cm³/mol. The van der Waals surface area contributed by atoms with Crippen LogP contribution in [0.1, 0.15) is 10.4 Å². The van der Waals surface area contributed by atoms with Crippen molar-refractivity contribution < 1.29 is 9.53 Å². The van der Waals surface area contributed by atoms with E-state index < -0.39 is 5.24 Å². The van der Waals surface area contributed by atoms with E-state index >= 15 is 0 Å². The fourth-order valence-electron chi connectivity index (χ4n) is 0.868. The van der Waals surface area contributed by atoms with E-state index in [-0.39, 0.29) is 0 Å². The van der Waals surface area contributed by atoms with Crippen molar-refractivity contribution >= 4 is 55.4 Å². The summed E-state index contributed by atoms with van der Waals surface area (Å²) in [4.78, 5) is 10.8. The van der Waals surface area contributed by atoms with Gasteiger partial charge in [0.2, 0.25) is 0 Å². The van der Waals surface area contributed by atoms with Gasteiger partial charge >= 0.3 is 0 Å². The first-order valence-corrected chi connectivity index (χ1v) is 5.54. The summed E-state index contributed by atoms with van der Waals surface area (Å²) in [6.07, 6.45) is 0. The number of benzene rings is 1. The van der Waals surface area contributed by atoms with Gasteiger partial charge in [0.25, 0.3) is 5.24 Å². The van der Waals surface area contributed by atoms with Crippen molar-refractivity contribution in [3.63, 3.8) is 0 Å². The molecule has 1 rings (SSSR count). The number of carbonyl (C=O) groups excluding carboxylic acids is 1. The van der Waals surface area contributed by atoms with Gasteiger partial charge in [0.15, 0.2) is 0 Å². The Kier molecular flexibility index (Phi) is 4.00. The zero-order chi connectivity index (χ0) is 10.0. The van der Waals surface area contributed by atoms with Gasteiger partial charge in [-0.25, -0.2) is 0 Å². The fraction of sp³-hybridized carbons (Fsp3) is 0.125. The first-order chi connectivity index (χ1) is 6.06. The third-order valence-corrected chi connectivity index (χ3v) is 3.04. The van der Waals surface area contributed by atoms with E-state index in [0.717, 1.165) is 8.04 Å². The number of ether oxygens (including phenoxy) is 1. The Morgan fingerprint density at radius 1 is 1.62 bits per heavy atom. The minimum Gasteiger partial charge on any atom is -0.494 e. The Labute approximate surface area is 103 Å². The molecule has 0 N–H and O–H groups in total. The maximum atomic E-state index is 10.8. The van der Waals surface area contributed by atoms with Gasteiger partial charge < -0.3 is 4.74 Å². The van der Waals surface area contributed by atoms with Gasteiger partial charge in [-0.2, -0.15) is 0 Å². The van der Waals surface area contributed by atoms with Gasteiger partial charge in [0.1, 0.15) is 5.75 Å². The minimum absolute atomic E-state index is 0.457. The number of halogens is 3. The molecule has 0 aromatic heterocycles. The fourth-order valence-corrected chi connectivity index (χ4v) is 2.82. The Bertz CT molecular complexity index is 331.